The van der Waals surface area contributed by atoms with E-state index in [4.69, 9.17) is 18.5 Å². The molecular formula is C42H83NO9P+. The molecule has 0 bridgehead atoms. The average molecular weight is 777 g/mol. The summed E-state index contributed by atoms with van der Waals surface area (Å²) < 4.78 is 34.6. The van der Waals surface area contributed by atoms with E-state index < -0.39 is 32.1 Å². The maximum atomic E-state index is 12.7. The van der Waals surface area contributed by atoms with E-state index in [0.29, 0.717) is 30.3 Å². The Labute approximate surface area is 325 Å². The summed E-state index contributed by atoms with van der Waals surface area (Å²) in [4.78, 5) is 22.8. The van der Waals surface area contributed by atoms with Crippen molar-refractivity contribution >= 4 is 13.8 Å². The second-order valence-electron chi connectivity index (χ2n) is 15.8. The summed E-state index contributed by atoms with van der Waals surface area (Å²) in [6.07, 6.45) is 31.8. The van der Waals surface area contributed by atoms with E-state index in [-0.39, 0.29) is 26.2 Å². The second-order valence-corrected chi connectivity index (χ2v) is 17.2. The highest BCUT2D eigenvalue weighted by Crippen LogP contribution is 2.43. The number of likely N-dealkylation sites (N-methyl/N-ethyl adjacent to an activating group) is 1. The van der Waals surface area contributed by atoms with E-state index in [1.54, 1.807) is 6.26 Å². The van der Waals surface area contributed by atoms with Gasteiger partial charge in [0.05, 0.1) is 46.2 Å². The first-order chi connectivity index (χ1) is 25.4. The Balaban J connectivity index is 4.43. The van der Waals surface area contributed by atoms with Gasteiger partial charge in [-0.3, -0.25) is 13.8 Å². The number of phosphoric acid groups is 1. The Morgan fingerprint density at radius 1 is 0.660 bits per heavy atom. The van der Waals surface area contributed by atoms with Gasteiger partial charge in [-0.2, -0.15) is 0 Å². The van der Waals surface area contributed by atoms with E-state index in [9.17, 15) is 24.5 Å². The predicted molar refractivity (Wildman–Crippen MR) is 218 cm³/mol. The highest BCUT2D eigenvalue weighted by molar-refractivity contribution is 7.47. The van der Waals surface area contributed by atoms with Crippen LogP contribution in [0.3, 0.4) is 0 Å². The summed E-state index contributed by atoms with van der Waals surface area (Å²) in [5.41, 5.74) is 0. The summed E-state index contributed by atoms with van der Waals surface area (Å²) in [5.74, 6) is -0.414. The Morgan fingerprint density at radius 3 is 1.81 bits per heavy atom. The van der Waals surface area contributed by atoms with Gasteiger partial charge in [-0.05, 0) is 51.0 Å². The van der Waals surface area contributed by atoms with Crippen molar-refractivity contribution in [3.8, 4) is 0 Å². The molecule has 0 aliphatic carbocycles. The van der Waals surface area contributed by atoms with E-state index in [0.717, 1.165) is 51.4 Å². The fourth-order valence-corrected chi connectivity index (χ4v) is 6.52. The minimum atomic E-state index is -4.33. The maximum absolute atomic E-state index is 12.7. The van der Waals surface area contributed by atoms with Crippen molar-refractivity contribution in [2.45, 2.75) is 193 Å². The van der Waals surface area contributed by atoms with Gasteiger partial charge >= 0.3 is 13.8 Å². The van der Waals surface area contributed by atoms with E-state index >= 15 is 0 Å². The highest BCUT2D eigenvalue weighted by Gasteiger charge is 2.26. The summed E-state index contributed by atoms with van der Waals surface area (Å²) >= 11 is 0. The number of aliphatic hydroxyl groups excluding tert-OH is 2. The minimum Gasteiger partial charge on any atom is -0.498 e. The van der Waals surface area contributed by atoms with Crippen LogP contribution >= 0.6 is 7.82 Å². The standard InChI is InChI=1S/C42H82NO9P/c1-6-8-10-12-14-15-16-17-18-19-20-21-26-30-35-49-37-39(38-51-53(47,48)50-36-34-43(3,4)5)52-42(46)33-29-25-22-24-28-32-41(45)40(44)31-27-23-13-11-9-7-2/h23,27,30,35,39-41,44-45H,6-22,24-26,28-29,31-34,36-38H2,1-5H3/p+1/b27-23-,35-30+/t39-,40+,41+/m1/s1. The first-order valence-electron chi connectivity index (χ1n) is 21.3. The Morgan fingerprint density at radius 2 is 1.19 bits per heavy atom. The Kier molecular flexibility index (Phi) is 34.3. The van der Waals surface area contributed by atoms with Crippen LogP contribution in [-0.4, -0.2) is 91.4 Å². The minimum absolute atomic E-state index is 0.00237. The number of unbranched alkanes of at least 4 members (excludes halogenated alkanes) is 19. The number of allylic oxidation sites excluding steroid dienone is 2. The molecule has 0 saturated heterocycles. The van der Waals surface area contributed by atoms with Gasteiger partial charge < -0.3 is 29.1 Å². The van der Waals surface area contributed by atoms with Crippen molar-refractivity contribution in [2.75, 3.05) is 47.5 Å². The lowest BCUT2D eigenvalue weighted by molar-refractivity contribution is -0.870. The zero-order chi connectivity index (χ0) is 39.5. The lowest BCUT2D eigenvalue weighted by Crippen LogP contribution is -2.37. The summed E-state index contributed by atoms with van der Waals surface area (Å²) in [5, 5.41) is 20.5. The number of phosphoric ester groups is 1. The molecule has 0 aromatic rings. The number of nitrogens with zero attached hydrogens (tertiary/aromatic N) is 1. The van der Waals surface area contributed by atoms with Gasteiger partial charge in [-0.1, -0.05) is 135 Å². The lowest BCUT2D eigenvalue weighted by Gasteiger charge is -2.24. The molecule has 4 atom stereocenters. The van der Waals surface area contributed by atoms with Crippen molar-refractivity contribution in [2.24, 2.45) is 0 Å². The van der Waals surface area contributed by atoms with Crippen molar-refractivity contribution < 1.29 is 47.5 Å². The molecular weight excluding hydrogens is 693 g/mol. The zero-order valence-electron chi connectivity index (χ0n) is 34.7. The molecule has 0 rings (SSSR count). The molecule has 0 fully saturated rings. The molecule has 0 aromatic carbocycles. The van der Waals surface area contributed by atoms with Gasteiger partial charge in [-0.15, -0.1) is 0 Å². The largest absolute Gasteiger partial charge is 0.498 e. The maximum Gasteiger partial charge on any atom is 0.472 e. The van der Waals surface area contributed by atoms with Gasteiger partial charge in [0.2, 0.25) is 0 Å². The van der Waals surface area contributed by atoms with E-state index in [1.165, 1.54) is 83.5 Å². The molecule has 10 nitrogen and oxygen atoms in total. The first-order valence-corrected chi connectivity index (χ1v) is 22.8. The SMILES string of the molecule is CCCCC/C=C\C[C@H](O)[C@@H](O)CCCCCCCC(=O)O[C@H](CO/C=C/CCCCCCCCCCCCCC)COP(=O)(O)OCC[N+](C)(C)C. The molecule has 53 heavy (non-hydrogen) atoms. The Bertz CT molecular complexity index is 940. The summed E-state index contributed by atoms with van der Waals surface area (Å²) in [6, 6.07) is 0. The molecule has 0 saturated carbocycles. The number of hydrogen-bond donors (Lipinski definition) is 3. The number of carbonyl (C=O) groups excluding carboxylic acids is 1. The monoisotopic (exact) mass is 777 g/mol. The summed E-state index contributed by atoms with van der Waals surface area (Å²) in [7, 11) is 1.54. The molecule has 0 aromatic heterocycles. The van der Waals surface area contributed by atoms with Crippen LogP contribution in [-0.2, 0) is 27.9 Å². The van der Waals surface area contributed by atoms with Crippen molar-refractivity contribution in [3.63, 3.8) is 0 Å². The highest BCUT2D eigenvalue weighted by atomic mass is 31.2. The van der Waals surface area contributed by atoms with Gasteiger partial charge in [0, 0.05) is 6.42 Å². The molecule has 11 heteroatoms. The number of esters is 1. The fourth-order valence-electron chi connectivity index (χ4n) is 5.78. The van der Waals surface area contributed by atoms with Gasteiger partial charge in [0.1, 0.15) is 19.8 Å². The van der Waals surface area contributed by atoms with Crippen LogP contribution in [0.15, 0.2) is 24.5 Å². The molecule has 314 valence electrons. The smallest absolute Gasteiger partial charge is 0.472 e. The second kappa shape index (κ2) is 35.2. The normalized spacial score (nSPS) is 15.2. The summed E-state index contributed by atoms with van der Waals surface area (Å²) in [6.45, 7) is 4.69. The van der Waals surface area contributed by atoms with Crippen LogP contribution in [0.2, 0.25) is 0 Å². The molecule has 0 spiro atoms. The average Bonchev–Trinajstić information content (AvgIpc) is 3.10. The third-order valence-corrected chi connectivity index (χ3v) is 10.3. The van der Waals surface area contributed by atoms with E-state index in [2.05, 4.69) is 19.9 Å². The molecule has 0 amide bonds. The molecule has 1 unspecified atom stereocenters. The third-order valence-electron chi connectivity index (χ3n) is 9.28. The topological polar surface area (TPSA) is 132 Å². The van der Waals surface area contributed by atoms with Crippen LogP contribution < -0.4 is 0 Å². The quantitative estimate of drug-likeness (QED) is 0.0139. The molecule has 0 aliphatic rings. The molecule has 0 aliphatic heterocycles. The first kappa shape index (κ1) is 51.7. The number of hydrogen-bond acceptors (Lipinski definition) is 8. The predicted octanol–water partition coefficient (Wildman–Crippen LogP) is 10.3. The van der Waals surface area contributed by atoms with Crippen molar-refractivity contribution in [1.82, 2.24) is 0 Å². The Hall–Kier alpha value is -1.26. The van der Waals surface area contributed by atoms with Crippen molar-refractivity contribution in [3.05, 3.63) is 24.5 Å². The fraction of sp³-hybridized carbons (Fsp3) is 0.881. The zero-order valence-corrected chi connectivity index (χ0v) is 35.6. The molecule has 3 N–H and O–H groups in total. The van der Waals surface area contributed by atoms with Crippen LogP contribution in [0, 0.1) is 0 Å². The van der Waals surface area contributed by atoms with Crippen LogP contribution in [0.1, 0.15) is 174 Å². The van der Waals surface area contributed by atoms with Gasteiger partial charge in [-0.25, -0.2) is 4.57 Å². The molecule has 0 radical (unpaired) electrons. The van der Waals surface area contributed by atoms with Gasteiger partial charge in [0.25, 0.3) is 0 Å². The number of carbonyl (C=O) groups is 1. The van der Waals surface area contributed by atoms with Crippen LogP contribution in [0.25, 0.3) is 0 Å². The number of ether oxygens (including phenoxy) is 2. The third kappa shape index (κ3) is 37.4. The molecule has 0 heterocycles. The van der Waals surface area contributed by atoms with Crippen molar-refractivity contribution in [1.29, 1.82) is 0 Å². The van der Waals surface area contributed by atoms with Crippen LogP contribution in [0.5, 0.6) is 0 Å². The van der Waals surface area contributed by atoms with E-state index in [1.807, 2.05) is 33.3 Å². The number of quaternary nitrogens is 1. The van der Waals surface area contributed by atoms with Gasteiger partial charge in [0.15, 0.2) is 6.10 Å². The lowest BCUT2D eigenvalue weighted by atomic mass is 10.0. The van der Waals surface area contributed by atoms with Crippen LogP contribution in [0.4, 0.5) is 0 Å². The number of rotatable bonds is 39. The number of aliphatic hydroxyl groups is 2.